The molecule has 0 aromatic carbocycles. The van der Waals surface area contributed by atoms with Crippen LogP contribution in [0.2, 0.25) is 0 Å². The van der Waals surface area contributed by atoms with Crippen LogP contribution in [0.4, 0.5) is 0 Å². The molecule has 2 fully saturated rings. The average Bonchev–Trinajstić information content (AvgIpc) is 2.61. The van der Waals surface area contributed by atoms with E-state index >= 15 is 0 Å². The van der Waals surface area contributed by atoms with Gasteiger partial charge in [-0.25, -0.2) is 0 Å². The van der Waals surface area contributed by atoms with Crippen molar-refractivity contribution in [3.63, 3.8) is 0 Å². The lowest BCUT2D eigenvalue weighted by Crippen LogP contribution is -2.43. The second-order valence-corrected chi connectivity index (χ2v) is 6.38. The highest BCUT2D eigenvalue weighted by Gasteiger charge is 2.39. The van der Waals surface area contributed by atoms with E-state index in [1.807, 2.05) is 4.90 Å². The van der Waals surface area contributed by atoms with Crippen LogP contribution in [-0.4, -0.2) is 42.1 Å². The summed E-state index contributed by atoms with van der Waals surface area (Å²) in [6.07, 6.45) is 4.80. The third-order valence-electron chi connectivity index (χ3n) is 4.32. The summed E-state index contributed by atoms with van der Waals surface area (Å²) in [5.41, 5.74) is 5.90. The Hall–Kier alpha value is -0.610. The molecular formula is C14H26N2O2. The fourth-order valence-electron chi connectivity index (χ4n) is 3.24. The lowest BCUT2D eigenvalue weighted by atomic mass is 9.94. The smallest absolute Gasteiger partial charge is 0.223 e. The van der Waals surface area contributed by atoms with Gasteiger partial charge in [0, 0.05) is 37.8 Å². The number of amides is 1. The topological polar surface area (TPSA) is 55.6 Å². The second kappa shape index (κ2) is 5.57. The van der Waals surface area contributed by atoms with Crippen molar-refractivity contribution in [2.75, 3.05) is 19.8 Å². The quantitative estimate of drug-likeness (QED) is 0.831. The summed E-state index contributed by atoms with van der Waals surface area (Å²) in [6.45, 7) is 6.68. The first-order valence-electron chi connectivity index (χ1n) is 7.13. The molecule has 0 saturated carbocycles. The summed E-state index contributed by atoms with van der Waals surface area (Å²) in [7, 11) is 0. The summed E-state index contributed by atoms with van der Waals surface area (Å²) in [5, 5.41) is 0. The number of ether oxygens (including phenoxy) is 1. The highest BCUT2D eigenvalue weighted by Crippen LogP contribution is 2.29. The molecule has 0 aliphatic carbocycles. The predicted octanol–water partition coefficient (Wildman–Crippen LogP) is 1.53. The first-order chi connectivity index (χ1) is 8.49. The summed E-state index contributed by atoms with van der Waals surface area (Å²) < 4.78 is 5.34. The summed E-state index contributed by atoms with van der Waals surface area (Å²) in [5.74, 6) is 0.946. The molecule has 1 unspecified atom stereocenters. The Morgan fingerprint density at radius 2 is 2.06 bits per heavy atom. The number of hydrogen-bond donors (Lipinski definition) is 1. The van der Waals surface area contributed by atoms with Gasteiger partial charge in [-0.1, -0.05) is 0 Å². The maximum atomic E-state index is 12.3. The molecule has 2 aliphatic heterocycles. The molecule has 0 spiro atoms. The molecule has 2 heterocycles. The van der Waals surface area contributed by atoms with Gasteiger partial charge in [0.1, 0.15) is 0 Å². The van der Waals surface area contributed by atoms with Crippen molar-refractivity contribution in [2.24, 2.45) is 11.7 Å². The van der Waals surface area contributed by atoms with Gasteiger partial charge in [0.2, 0.25) is 5.91 Å². The molecule has 2 aliphatic rings. The van der Waals surface area contributed by atoms with E-state index in [-0.39, 0.29) is 17.5 Å². The van der Waals surface area contributed by atoms with Crippen molar-refractivity contribution in [1.29, 1.82) is 0 Å². The highest BCUT2D eigenvalue weighted by molar-refractivity contribution is 5.77. The van der Waals surface area contributed by atoms with Crippen LogP contribution < -0.4 is 5.73 Å². The monoisotopic (exact) mass is 254 g/mol. The van der Waals surface area contributed by atoms with Gasteiger partial charge in [-0.3, -0.25) is 4.79 Å². The summed E-state index contributed by atoms with van der Waals surface area (Å²) in [6, 6.07) is 0.145. The number of nitrogens with zero attached hydrogens (tertiary/aromatic N) is 1. The fraction of sp³-hybridized carbons (Fsp3) is 0.929. The number of rotatable bonds is 3. The van der Waals surface area contributed by atoms with E-state index in [2.05, 4.69) is 13.8 Å². The molecule has 2 saturated heterocycles. The van der Waals surface area contributed by atoms with Gasteiger partial charge in [0.15, 0.2) is 0 Å². The van der Waals surface area contributed by atoms with Gasteiger partial charge >= 0.3 is 0 Å². The van der Waals surface area contributed by atoms with E-state index in [4.69, 9.17) is 10.5 Å². The van der Waals surface area contributed by atoms with Gasteiger partial charge in [0.05, 0.1) is 0 Å². The molecule has 18 heavy (non-hydrogen) atoms. The molecule has 4 nitrogen and oxygen atoms in total. The minimum atomic E-state index is -0.0633. The van der Waals surface area contributed by atoms with Crippen molar-refractivity contribution in [3.8, 4) is 0 Å². The van der Waals surface area contributed by atoms with Gasteiger partial charge in [-0.05, 0) is 45.4 Å². The molecule has 1 atom stereocenters. The third kappa shape index (κ3) is 3.23. The molecular weight excluding hydrogens is 228 g/mol. The zero-order valence-corrected chi connectivity index (χ0v) is 11.7. The van der Waals surface area contributed by atoms with Crippen LogP contribution in [-0.2, 0) is 9.53 Å². The molecule has 4 heteroatoms. The van der Waals surface area contributed by atoms with E-state index in [1.54, 1.807) is 0 Å². The van der Waals surface area contributed by atoms with Crippen LogP contribution >= 0.6 is 0 Å². The van der Waals surface area contributed by atoms with Crippen molar-refractivity contribution in [3.05, 3.63) is 0 Å². The van der Waals surface area contributed by atoms with Crippen LogP contribution in [0.5, 0.6) is 0 Å². The average molecular weight is 254 g/mol. The number of carbonyl (C=O) groups is 1. The van der Waals surface area contributed by atoms with Crippen molar-refractivity contribution in [1.82, 2.24) is 4.90 Å². The Bertz CT molecular complexity index is 298. The Morgan fingerprint density at radius 1 is 1.39 bits per heavy atom. The van der Waals surface area contributed by atoms with E-state index in [9.17, 15) is 4.79 Å². The van der Waals surface area contributed by atoms with Crippen molar-refractivity contribution in [2.45, 2.75) is 57.5 Å². The first-order valence-corrected chi connectivity index (χ1v) is 7.13. The zero-order chi connectivity index (χ0) is 13.2. The van der Waals surface area contributed by atoms with Crippen molar-refractivity contribution < 1.29 is 9.53 Å². The maximum Gasteiger partial charge on any atom is 0.223 e. The van der Waals surface area contributed by atoms with Gasteiger partial charge in [0.25, 0.3) is 0 Å². The highest BCUT2D eigenvalue weighted by atomic mass is 16.5. The minimum absolute atomic E-state index is 0.0633. The molecule has 0 aromatic rings. The second-order valence-electron chi connectivity index (χ2n) is 6.38. The largest absolute Gasteiger partial charge is 0.381 e. The third-order valence-corrected chi connectivity index (χ3v) is 4.32. The van der Waals surface area contributed by atoms with Crippen LogP contribution in [0.3, 0.4) is 0 Å². The van der Waals surface area contributed by atoms with E-state index in [0.717, 1.165) is 45.4 Å². The summed E-state index contributed by atoms with van der Waals surface area (Å²) >= 11 is 0. The lowest BCUT2D eigenvalue weighted by molar-refractivity contribution is -0.134. The first kappa shape index (κ1) is 13.8. The molecule has 2 N–H and O–H groups in total. The minimum Gasteiger partial charge on any atom is -0.381 e. The normalized spacial score (nSPS) is 28.6. The fourth-order valence-corrected chi connectivity index (χ4v) is 3.24. The molecule has 0 bridgehead atoms. The standard InChI is InChI=1S/C14H26N2O2/c1-14(2)9-12(15)10-16(14)13(17)4-3-11-5-7-18-8-6-11/h11-12H,3-10,15H2,1-2H3. The lowest BCUT2D eigenvalue weighted by Gasteiger charge is -2.32. The molecule has 104 valence electrons. The maximum absolute atomic E-state index is 12.3. The van der Waals surface area contributed by atoms with Crippen molar-refractivity contribution >= 4 is 5.91 Å². The molecule has 0 radical (unpaired) electrons. The van der Waals surface area contributed by atoms with Crippen LogP contribution in [0, 0.1) is 5.92 Å². The number of likely N-dealkylation sites (tertiary alicyclic amines) is 1. The van der Waals surface area contributed by atoms with E-state index < -0.39 is 0 Å². The molecule has 1 amide bonds. The van der Waals surface area contributed by atoms with Gasteiger partial charge in [-0.2, -0.15) is 0 Å². The van der Waals surface area contributed by atoms with Crippen LogP contribution in [0.15, 0.2) is 0 Å². The SMILES string of the molecule is CC1(C)CC(N)CN1C(=O)CCC1CCOCC1. The number of carbonyl (C=O) groups excluding carboxylic acids is 1. The summed E-state index contributed by atoms with van der Waals surface area (Å²) in [4.78, 5) is 14.3. The Morgan fingerprint density at radius 3 is 2.61 bits per heavy atom. The predicted molar refractivity (Wildman–Crippen MR) is 71.2 cm³/mol. The number of nitrogens with two attached hydrogens (primary N) is 1. The zero-order valence-electron chi connectivity index (χ0n) is 11.7. The van der Waals surface area contributed by atoms with E-state index in [1.165, 1.54) is 0 Å². The molecule has 2 rings (SSSR count). The Kier molecular flexibility index (Phi) is 4.28. The Balaban J connectivity index is 1.80. The number of hydrogen-bond acceptors (Lipinski definition) is 3. The van der Waals surface area contributed by atoms with Crippen LogP contribution in [0.25, 0.3) is 0 Å². The van der Waals surface area contributed by atoms with E-state index in [0.29, 0.717) is 12.3 Å². The Labute approximate surface area is 110 Å². The molecule has 0 aromatic heterocycles. The van der Waals surface area contributed by atoms with Gasteiger partial charge < -0.3 is 15.4 Å². The van der Waals surface area contributed by atoms with Crippen LogP contribution in [0.1, 0.15) is 46.0 Å². The van der Waals surface area contributed by atoms with Gasteiger partial charge in [-0.15, -0.1) is 0 Å².